The number of para-hydroxylation sites is 1. The van der Waals surface area contributed by atoms with E-state index in [2.05, 4.69) is 17.4 Å². The molecule has 4 heteroatoms. The number of hydrogen-bond donors (Lipinski definition) is 1. The van der Waals surface area contributed by atoms with Crippen LogP contribution in [0, 0.1) is 0 Å². The highest BCUT2D eigenvalue weighted by molar-refractivity contribution is 5.85. The van der Waals surface area contributed by atoms with Crippen LogP contribution in [0.15, 0.2) is 24.3 Å². The van der Waals surface area contributed by atoms with E-state index < -0.39 is 0 Å². The van der Waals surface area contributed by atoms with Crippen LogP contribution >= 0.6 is 0 Å². The Morgan fingerprint density at radius 3 is 3.11 bits per heavy atom. The standard InChI is InChI=1S/C15H20N2O2/c1-11-10-17(8-9-19-11)15(18)14-7-6-12-4-2-3-5-13(12)16-14/h2-5,11,14,16H,6-10H2,1H3. The molecule has 1 amide bonds. The summed E-state index contributed by atoms with van der Waals surface area (Å²) in [5, 5.41) is 3.38. The molecule has 0 bridgehead atoms. The van der Waals surface area contributed by atoms with Gasteiger partial charge in [-0.25, -0.2) is 0 Å². The monoisotopic (exact) mass is 260 g/mol. The molecule has 0 saturated carbocycles. The second-order valence-corrected chi connectivity index (χ2v) is 5.36. The molecule has 19 heavy (non-hydrogen) atoms. The molecule has 1 fully saturated rings. The van der Waals surface area contributed by atoms with Gasteiger partial charge in [0.15, 0.2) is 0 Å². The molecule has 4 nitrogen and oxygen atoms in total. The van der Waals surface area contributed by atoms with Crippen molar-refractivity contribution in [3.8, 4) is 0 Å². The van der Waals surface area contributed by atoms with Gasteiger partial charge in [-0.2, -0.15) is 0 Å². The van der Waals surface area contributed by atoms with Crippen molar-refractivity contribution in [2.75, 3.05) is 25.0 Å². The van der Waals surface area contributed by atoms with Crippen molar-refractivity contribution in [3.05, 3.63) is 29.8 Å². The topological polar surface area (TPSA) is 41.6 Å². The molecule has 2 aliphatic rings. The number of anilines is 1. The Balaban J connectivity index is 1.69. The molecule has 0 aliphatic carbocycles. The van der Waals surface area contributed by atoms with Crippen molar-refractivity contribution < 1.29 is 9.53 Å². The van der Waals surface area contributed by atoms with Crippen LogP contribution in [0.3, 0.4) is 0 Å². The van der Waals surface area contributed by atoms with Crippen molar-refractivity contribution in [2.24, 2.45) is 0 Å². The lowest BCUT2D eigenvalue weighted by Gasteiger charge is -2.35. The largest absolute Gasteiger partial charge is 0.375 e. The minimum Gasteiger partial charge on any atom is -0.375 e. The van der Waals surface area contributed by atoms with Gasteiger partial charge in [-0.1, -0.05) is 18.2 Å². The first-order chi connectivity index (χ1) is 9.24. The summed E-state index contributed by atoms with van der Waals surface area (Å²) in [6.45, 7) is 4.08. The summed E-state index contributed by atoms with van der Waals surface area (Å²) in [5.74, 6) is 0.213. The van der Waals surface area contributed by atoms with Gasteiger partial charge in [0, 0.05) is 18.8 Å². The summed E-state index contributed by atoms with van der Waals surface area (Å²) in [6.07, 6.45) is 2.00. The zero-order valence-corrected chi connectivity index (χ0v) is 11.3. The lowest BCUT2D eigenvalue weighted by atomic mass is 9.97. The summed E-state index contributed by atoms with van der Waals surface area (Å²) in [7, 11) is 0. The van der Waals surface area contributed by atoms with Crippen molar-refractivity contribution >= 4 is 11.6 Å². The summed E-state index contributed by atoms with van der Waals surface area (Å²) in [4.78, 5) is 14.4. The Morgan fingerprint density at radius 1 is 1.42 bits per heavy atom. The van der Waals surface area contributed by atoms with Crippen LogP contribution in [-0.4, -0.2) is 42.6 Å². The molecule has 0 aromatic heterocycles. The number of nitrogens with zero attached hydrogens (tertiary/aromatic N) is 1. The van der Waals surface area contributed by atoms with Gasteiger partial charge in [-0.3, -0.25) is 4.79 Å². The summed E-state index contributed by atoms with van der Waals surface area (Å²) < 4.78 is 5.49. The first-order valence-corrected chi connectivity index (χ1v) is 6.99. The first-order valence-electron chi connectivity index (χ1n) is 6.99. The third-order valence-corrected chi connectivity index (χ3v) is 3.90. The number of ether oxygens (including phenoxy) is 1. The van der Waals surface area contributed by atoms with Crippen molar-refractivity contribution in [2.45, 2.75) is 31.9 Å². The van der Waals surface area contributed by atoms with Crippen LogP contribution in [0.4, 0.5) is 5.69 Å². The maximum absolute atomic E-state index is 12.5. The van der Waals surface area contributed by atoms with E-state index in [1.807, 2.05) is 24.0 Å². The molecule has 1 aromatic carbocycles. The van der Waals surface area contributed by atoms with Crippen LogP contribution in [0.5, 0.6) is 0 Å². The maximum Gasteiger partial charge on any atom is 0.245 e. The fourth-order valence-corrected chi connectivity index (χ4v) is 2.86. The van der Waals surface area contributed by atoms with Gasteiger partial charge in [0.1, 0.15) is 6.04 Å². The lowest BCUT2D eigenvalue weighted by Crippen LogP contribution is -2.51. The highest BCUT2D eigenvalue weighted by Gasteiger charge is 2.30. The number of nitrogens with one attached hydrogen (secondary N) is 1. The molecule has 2 aliphatic heterocycles. The molecule has 1 N–H and O–H groups in total. The van der Waals surface area contributed by atoms with E-state index in [4.69, 9.17) is 4.74 Å². The molecule has 2 unspecified atom stereocenters. The SMILES string of the molecule is CC1CN(C(=O)C2CCc3ccccc3N2)CCO1. The lowest BCUT2D eigenvalue weighted by molar-refractivity contribution is -0.139. The van der Waals surface area contributed by atoms with Gasteiger partial charge in [0.25, 0.3) is 0 Å². The van der Waals surface area contributed by atoms with Crippen LogP contribution in [0.2, 0.25) is 0 Å². The maximum atomic E-state index is 12.5. The smallest absolute Gasteiger partial charge is 0.245 e. The number of morpholine rings is 1. The Bertz CT molecular complexity index is 475. The fraction of sp³-hybridized carbons (Fsp3) is 0.533. The predicted molar refractivity (Wildman–Crippen MR) is 74.2 cm³/mol. The highest BCUT2D eigenvalue weighted by atomic mass is 16.5. The van der Waals surface area contributed by atoms with E-state index in [0.717, 1.165) is 18.5 Å². The molecule has 3 rings (SSSR count). The van der Waals surface area contributed by atoms with Crippen LogP contribution < -0.4 is 5.32 Å². The summed E-state index contributed by atoms with van der Waals surface area (Å²) >= 11 is 0. The number of fused-ring (bicyclic) bond motifs is 1. The van der Waals surface area contributed by atoms with Gasteiger partial charge >= 0.3 is 0 Å². The second-order valence-electron chi connectivity index (χ2n) is 5.36. The van der Waals surface area contributed by atoms with Crippen molar-refractivity contribution in [1.82, 2.24) is 4.90 Å². The molecule has 1 saturated heterocycles. The van der Waals surface area contributed by atoms with Crippen molar-refractivity contribution in [1.29, 1.82) is 0 Å². The molecule has 0 spiro atoms. The van der Waals surface area contributed by atoms with E-state index in [-0.39, 0.29) is 18.1 Å². The van der Waals surface area contributed by atoms with E-state index in [1.54, 1.807) is 0 Å². The first kappa shape index (κ1) is 12.5. The third-order valence-electron chi connectivity index (χ3n) is 3.90. The Hall–Kier alpha value is -1.55. The van der Waals surface area contributed by atoms with E-state index in [9.17, 15) is 4.79 Å². The zero-order chi connectivity index (χ0) is 13.2. The van der Waals surface area contributed by atoms with Gasteiger partial charge in [-0.15, -0.1) is 0 Å². The number of aryl methyl sites for hydroxylation is 1. The number of amides is 1. The molecule has 2 atom stereocenters. The summed E-state index contributed by atoms with van der Waals surface area (Å²) in [6, 6.07) is 8.15. The fourth-order valence-electron chi connectivity index (χ4n) is 2.86. The van der Waals surface area contributed by atoms with Gasteiger partial charge in [0.2, 0.25) is 5.91 Å². The van der Waals surface area contributed by atoms with E-state index in [0.29, 0.717) is 19.7 Å². The number of hydrogen-bond acceptors (Lipinski definition) is 3. The number of carbonyl (C=O) groups excluding carboxylic acids is 1. The Kier molecular flexibility index (Phi) is 3.42. The average molecular weight is 260 g/mol. The summed E-state index contributed by atoms with van der Waals surface area (Å²) in [5.41, 5.74) is 2.41. The zero-order valence-electron chi connectivity index (χ0n) is 11.3. The number of benzene rings is 1. The number of rotatable bonds is 1. The van der Waals surface area contributed by atoms with Crippen LogP contribution in [-0.2, 0) is 16.0 Å². The van der Waals surface area contributed by atoms with Gasteiger partial charge in [-0.05, 0) is 31.4 Å². The van der Waals surface area contributed by atoms with Crippen LogP contribution in [0.25, 0.3) is 0 Å². The van der Waals surface area contributed by atoms with Crippen LogP contribution in [0.1, 0.15) is 18.9 Å². The van der Waals surface area contributed by atoms with Crippen molar-refractivity contribution in [3.63, 3.8) is 0 Å². The number of carbonyl (C=O) groups is 1. The second kappa shape index (κ2) is 5.21. The van der Waals surface area contributed by atoms with E-state index in [1.165, 1.54) is 5.56 Å². The Labute approximate surface area is 113 Å². The minimum atomic E-state index is -0.0831. The Morgan fingerprint density at radius 2 is 2.26 bits per heavy atom. The minimum absolute atomic E-state index is 0.0831. The highest BCUT2D eigenvalue weighted by Crippen LogP contribution is 2.25. The van der Waals surface area contributed by atoms with Gasteiger partial charge in [0.05, 0.1) is 12.7 Å². The molecule has 0 radical (unpaired) electrons. The normalized spacial score (nSPS) is 26.5. The third kappa shape index (κ3) is 2.59. The molecule has 1 aromatic rings. The van der Waals surface area contributed by atoms with E-state index >= 15 is 0 Å². The molecular weight excluding hydrogens is 240 g/mol. The predicted octanol–water partition coefficient (Wildman–Crippen LogP) is 1.66. The average Bonchev–Trinajstić information content (AvgIpc) is 2.46. The molecule has 102 valence electrons. The molecule has 2 heterocycles. The molecular formula is C15H20N2O2. The van der Waals surface area contributed by atoms with Gasteiger partial charge < -0.3 is 15.0 Å². The quantitative estimate of drug-likeness (QED) is 0.835.